The highest BCUT2D eigenvalue weighted by molar-refractivity contribution is 5.89. The summed E-state index contributed by atoms with van der Waals surface area (Å²) in [5.41, 5.74) is 14.2. The molecule has 1 aromatic rings. The molecule has 1 aromatic heterocycles. The van der Waals surface area contributed by atoms with Gasteiger partial charge in [-0.15, -0.1) is 5.10 Å². The second-order valence-electron chi connectivity index (χ2n) is 35.3. The van der Waals surface area contributed by atoms with Crippen molar-refractivity contribution < 1.29 is 96.0 Å². The van der Waals surface area contributed by atoms with Crippen molar-refractivity contribution in [2.24, 2.45) is 47.0 Å². The molecule has 0 aromatic carbocycles. The lowest BCUT2D eigenvalue weighted by Gasteiger charge is -2.39. The van der Waals surface area contributed by atoms with E-state index in [-0.39, 0.29) is 43.2 Å². The normalized spacial score (nSPS) is 16.7. The van der Waals surface area contributed by atoms with Gasteiger partial charge in [0.2, 0.25) is 11.8 Å². The maximum absolute atomic E-state index is 12.4. The van der Waals surface area contributed by atoms with Crippen molar-refractivity contribution in [2.45, 2.75) is 280 Å². The molecule has 2 aliphatic rings. The average Bonchev–Trinajstić information content (AvgIpc) is 1.19. The zero-order valence-electron chi connectivity index (χ0n) is 81.9. The van der Waals surface area contributed by atoms with Crippen LogP contribution < -0.4 is 22.1 Å². The number of nitrogens with zero attached hydrogens (tertiary/aromatic N) is 7. The summed E-state index contributed by atoms with van der Waals surface area (Å²) >= 11 is 0. The molecule has 124 heavy (non-hydrogen) atoms. The number of methoxy groups -OCH3 is 2. The van der Waals surface area contributed by atoms with Gasteiger partial charge < -0.3 is 123 Å². The van der Waals surface area contributed by atoms with Gasteiger partial charge in [-0.25, -0.2) is 4.68 Å². The van der Waals surface area contributed by atoms with Crippen molar-refractivity contribution in [3.8, 4) is 0 Å². The molecule has 1 saturated heterocycles. The van der Waals surface area contributed by atoms with Crippen LogP contribution in [-0.4, -0.2) is 364 Å². The first-order valence-corrected chi connectivity index (χ1v) is 47.4. The van der Waals surface area contributed by atoms with E-state index in [4.69, 9.17) is 77.8 Å². The van der Waals surface area contributed by atoms with E-state index >= 15 is 0 Å². The number of hydrogen-bond donors (Lipinski definition) is 7. The van der Waals surface area contributed by atoms with Crippen molar-refractivity contribution >= 4 is 17.6 Å². The Bertz CT molecular complexity index is 2530. The molecule has 0 spiro atoms. The SMILES string of the molecule is C=C(C(N)CCCCN(C)C)N(C)CCC(C)C.CC(C)CCN(C)C1CCC1.CCCCN(C)CCC(C)C.COC1OC(Cn2cc(CCCCCCC(C)C)nn2)C(O)C(O)C1O.COCCOCCOCCOCCOCCOCCOCCOCCOCCOCCOCCOCC(=O)NCCCCC(N)C(=O)CC(C)C(=O)NCCC(C)C. The standard InChI is InChI=1S/C40H79N3O15.C18H33N3O5.C15H33N3.C10H21N.C10H23N/c1-35(2)8-10-43-40(46)36(3)33-38(44)37(41)7-5-6-9-42-39(45)34-58-32-31-57-30-29-56-28-27-55-26-25-54-24-23-53-22-21-52-20-19-51-18-17-50-16-15-49-14-13-48-12-11-47-4;1-12(2)8-6-4-5-7-9-13-10-21(20-19-13)11-14-15(22)16(23)17(24)18(25-3)26-14;1-13(2)10-12-18(6)14(3)15(16)9-7-8-11-17(4)5;1-9(2)7-8-11(3)10-5-4-6-10;1-5-6-8-11(4)9-7-10(2)3/h35-37H,5-34,41H2,1-4H3,(H,42,45)(H,43,46);10,12,14-18,22-24H,4-9,11H2,1-3H3;13,15H,3,7-12,16H2,1-2,4-6H3;9-10H,4-8H2,1-3H3;10H,5-9H2,1-4H3. The van der Waals surface area contributed by atoms with E-state index < -0.39 is 42.7 Å². The topological polar surface area (TPSA) is 361 Å². The Balaban J connectivity index is 0. The van der Waals surface area contributed by atoms with Gasteiger partial charge in [0.15, 0.2) is 6.29 Å². The molecule has 3 rings (SSSR count). The highest BCUT2D eigenvalue weighted by Crippen LogP contribution is 2.25. The molecule has 1 aliphatic heterocycles. The molecule has 9 N–H and O–H groups in total. The Labute approximate surface area is 753 Å². The molecule has 1 saturated carbocycles. The number of aliphatic hydroxyl groups is 3. The molecule has 1 aliphatic carbocycles. The number of unbranched alkanes of at least 4 members (excludes halogenated alkanes) is 6. The molecule has 0 radical (unpaired) electrons. The summed E-state index contributed by atoms with van der Waals surface area (Å²) in [6, 6.07) is 0.430. The van der Waals surface area contributed by atoms with Crippen LogP contribution in [0.25, 0.3) is 0 Å². The van der Waals surface area contributed by atoms with E-state index in [9.17, 15) is 29.7 Å². The molecular weight excluding hydrogens is 1590 g/mol. The van der Waals surface area contributed by atoms with Gasteiger partial charge >= 0.3 is 0 Å². The average molecular weight is 1780 g/mol. The second-order valence-corrected chi connectivity index (χ2v) is 35.3. The lowest BCUT2D eigenvalue weighted by atomic mass is 9.91. The molecule has 31 nitrogen and oxygen atoms in total. The summed E-state index contributed by atoms with van der Waals surface area (Å²) in [5, 5.41) is 43.7. The zero-order chi connectivity index (χ0) is 92.8. The number of Topliss-reactive ketones (excluding diaryl/α,β-unsaturated/α-hetero) is 1. The monoisotopic (exact) mass is 1780 g/mol. The van der Waals surface area contributed by atoms with Crippen molar-refractivity contribution in [1.82, 2.24) is 45.2 Å². The molecule has 8 unspecified atom stereocenters. The van der Waals surface area contributed by atoms with Crippen LogP contribution in [0, 0.1) is 35.5 Å². The van der Waals surface area contributed by atoms with Crippen LogP contribution in [-0.2, 0) is 93.7 Å². The van der Waals surface area contributed by atoms with Crippen molar-refractivity contribution in [1.29, 1.82) is 0 Å². The van der Waals surface area contributed by atoms with Crippen LogP contribution in [0.4, 0.5) is 0 Å². The lowest BCUT2D eigenvalue weighted by molar-refractivity contribution is -0.292. The molecule has 736 valence electrons. The minimum Gasteiger partial charge on any atom is -0.388 e. The molecule has 2 fully saturated rings. The number of nitrogens with one attached hydrogen (secondary N) is 2. The number of ketones is 1. The zero-order valence-corrected chi connectivity index (χ0v) is 81.9. The van der Waals surface area contributed by atoms with E-state index in [1.165, 1.54) is 117 Å². The number of rotatable bonds is 77. The van der Waals surface area contributed by atoms with Gasteiger partial charge in [0.1, 0.15) is 36.8 Å². The third-order valence-electron chi connectivity index (χ3n) is 20.9. The molecule has 8 atom stereocenters. The fourth-order valence-corrected chi connectivity index (χ4v) is 12.2. The van der Waals surface area contributed by atoms with Gasteiger partial charge in [-0.2, -0.15) is 0 Å². The number of aryl methyl sites for hydroxylation is 1. The fourth-order valence-electron chi connectivity index (χ4n) is 12.2. The predicted octanol–water partition coefficient (Wildman–Crippen LogP) is 9.89. The van der Waals surface area contributed by atoms with E-state index in [0.29, 0.717) is 184 Å². The maximum Gasteiger partial charge on any atom is 0.245 e. The van der Waals surface area contributed by atoms with Crippen molar-refractivity contribution in [3.63, 3.8) is 0 Å². The Morgan fingerprint density at radius 2 is 0.960 bits per heavy atom. The minimum atomic E-state index is -1.33. The molecule has 0 bridgehead atoms. The number of carbonyl (C=O) groups is 3. The summed E-state index contributed by atoms with van der Waals surface area (Å²) in [6.07, 6.45) is 20.5. The highest BCUT2D eigenvalue weighted by atomic mass is 16.7. The molecular formula is C93H189N11O20. The van der Waals surface area contributed by atoms with E-state index in [1.54, 1.807) is 18.7 Å². The molecule has 2 heterocycles. The van der Waals surface area contributed by atoms with Crippen LogP contribution in [0.5, 0.6) is 0 Å². The van der Waals surface area contributed by atoms with Gasteiger partial charge in [-0.05, 0) is 174 Å². The van der Waals surface area contributed by atoms with Crippen molar-refractivity contribution in [2.75, 3.05) is 247 Å². The first-order chi connectivity index (χ1) is 59.4. The molecule has 2 amide bonds. The number of ether oxygens (including phenoxy) is 14. The van der Waals surface area contributed by atoms with Gasteiger partial charge in [0, 0.05) is 77.2 Å². The Kier molecular flexibility index (Phi) is 83.9. The smallest absolute Gasteiger partial charge is 0.245 e. The fraction of sp³-hybridized carbons (Fsp3) is 0.925. The van der Waals surface area contributed by atoms with Crippen LogP contribution in [0.15, 0.2) is 18.5 Å². The Morgan fingerprint density at radius 1 is 0.508 bits per heavy atom. The van der Waals surface area contributed by atoms with Gasteiger partial charge in [0.05, 0.1) is 164 Å². The predicted molar refractivity (Wildman–Crippen MR) is 496 cm³/mol. The Hall–Kier alpha value is -3.59. The quantitative estimate of drug-likeness (QED) is 0.0298. The second kappa shape index (κ2) is 84.9. The van der Waals surface area contributed by atoms with Crippen LogP contribution in [0.3, 0.4) is 0 Å². The number of aliphatic hydroxyl groups excluding tert-OH is 3. The molecule has 31 heteroatoms. The number of nitrogens with two attached hydrogens (primary N) is 2. The van der Waals surface area contributed by atoms with Crippen LogP contribution in [0.2, 0.25) is 0 Å². The van der Waals surface area contributed by atoms with Crippen LogP contribution >= 0.6 is 0 Å². The minimum absolute atomic E-state index is 0.0567. The summed E-state index contributed by atoms with van der Waals surface area (Å²) in [7, 11) is 13.8. The number of aromatic nitrogens is 3. The highest BCUT2D eigenvalue weighted by Gasteiger charge is 2.44. The first-order valence-electron chi connectivity index (χ1n) is 47.4. The number of likely N-dealkylation sites (N-methyl/N-ethyl adjacent to an activating group) is 1. The number of carbonyl (C=O) groups excluding carboxylic acids is 3. The van der Waals surface area contributed by atoms with Crippen LogP contribution in [0.1, 0.15) is 224 Å². The summed E-state index contributed by atoms with van der Waals surface area (Å²) in [4.78, 5) is 45.9. The third-order valence-corrected chi connectivity index (χ3v) is 20.9. The summed E-state index contributed by atoms with van der Waals surface area (Å²) < 4.78 is 76.8. The summed E-state index contributed by atoms with van der Waals surface area (Å²) in [5.74, 6) is 2.86. The third kappa shape index (κ3) is 76.1. The Morgan fingerprint density at radius 3 is 1.42 bits per heavy atom. The first kappa shape index (κ1) is 122. The summed E-state index contributed by atoms with van der Waals surface area (Å²) in [6.45, 7) is 48.3. The van der Waals surface area contributed by atoms with Gasteiger partial charge in [0.25, 0.3) is 0 Å². The van der Waals surface area contributed by atoms with E-state index in [2.05, 4.69) is 159 Å². The van der Waals surface area contributed by atoms with E-state index in [0.717, 1.165) is 79.9 Å². The number of amides is 2. The maximum atomic E-state index is 12.4. The van der Waals surface area contributed by atoms with E-state index in [1.807, 2.05) is 6.20 Å². The van der Waals surface area contributed by atoms with Gasteiger partial charge in [-0.1, -0.05) is 140 Å². The van der Waals surface area contributed by atoms with Gasteiger partial charge in [-0.3, -0.25) is 14.4 Å². The lowest BCUT2D eigenvalue weighted by Crippen LogP contribution is -2.58. The number of hydrogen-bond acceptors (Lipinski definition) is 28. The van der Waals surface area contributed by atoms with Crippen molar-refractivity contribution in [3.05, 3.63) is 24.2 Å². The largest absolute Gasteiger partial charge is 0.388 e.